The first-order chi connectivity index (χ1) is 14.9. The number of hydrogen-bond acceptors (Lipinski definition) is 3. The number of nitrogens with one attached hydrogen (secondary N) is 1. The predicted octanol–water partition coefficient (Wildman–Crippen LogP) is 5.71. The maximum Gasteiger partial charge on any atom is 0.261 e. The highest BCUT2D eigenvalue weighted by molar-refractivity contribution is 6.36. The Labute approximate surface area is 201 Å². The zero-order valence-corrected chi connectivity index (χ0v) is 21.1. The summed E-state index contributed by atoms with van der Waals surface area (Å²) in [6, 6.07) is 10.2. The first-order valence-corrected chi connectivity index (χ1v) is 11.4. The Balaban J connectivity index is 2.33. The van der Waals surface area contributed by atoms with Crippen molar-refractivity contribution < 1.29 is 14.3 Å². The highest BCUT2D eigenvalue weighted by Crippen LogP contribution is 2.27. The lowest BCUT2D eigenvalue weighted by Gasteiger charge is -2.33. The third-order valence-electron chi connectivity index (χ3n) is 4.96. The zero-order chi connectivity index (χ0) is 24.1. The van der Waals surface area contributed by atoms with Crippen molar-refractivity contribution in [1.82, 2.24) is 10.2 Å². The van der Waals surface area contributed by atoms with Gasteiger partial charge in [0.1, 0.15) is 11.8 Å². The molecule has 1 unspecified atom stereocenters. The molecule has 0 heterocycles. The lowest BCUT2D eigenvalue weighted by Crippen LogP contribution is -2.54. The van der Waals surface area contributed by atoms with Gasteiger partial charge in [0.15, 0.2) is 6.61 Å². The van der Waals surface area contributed by atoms with E-state index in [0.29, 0.717) is 27.8 Å². The van der Waals surface area contributed by atoms with Gasteiger partial charge < -0.3 is 15.0 Å². The molecule has 0 aromatic heterocycles. The summed E-state index contributed by atoms with van der Waals surface area (Å²) in [6.07, 6.45) is 0.430. The topological polar surface area (TPSA) is 58.6 Å². The molecular weight excluding hydrogens is 447 g/mol. The van der Waals surface area contributed by atoms with E-state index in [4.69, 9.17) is 27.9 Å². The fourth-order valence-electron chi connectivity index (χ4n) is 3.41. The lowest BCUT2D eigenvalue weighted by molar-refractivity contribution is -0.143. The van der Waals surface area contributed by atoms with Gasteiger partial charge in [-0.05, 0) is 64.8 Å². The maximum absolute atomic E-state index is 13.3. The molecular formula is C25H32Cl2N2O3. The van der Waals surface area contributed by atoms with Crippen LogP contribution in [0.5, 0.6) is 5.75 Å². The van der Waals surface area contributed by atoms with Gasteiger partial charge in [0.2, 0.25) is 5.91 Å². The molecule has 1 atom stereocenters. The number of amides is 2. The number of halogens is 2. The molecule has 0 fully saturated rings. The van der Waals surface area contributed by atoms with Crippen LogP contribution in [-0.2, 0) is 16.1 Å². The Bertz CT molecular complexity index is 950. The van der Waals surface area contributed by atoms with Crippen LogP contribution in [-0.4, -0.2) is 34.9 Å². The third kappa shape index (κ3) is 7.14. The Hall–Kier alpha value is -2.24. The number of hydrogen-bond donors (Lipinski definition) is 1. The van der Waals surface area contributed by atoms with Crippen LogP contribution < -0.4 is 10.1 Å². The molecule has 174 valence electrons. The molecule has 0 radical (unpaired) electrons. The first-order valence-electron chi connectivity index (χ1n) is 10.7. The molecule has 0 spiro atoms. The van der Waals surface area contributed by atoms with Gasteiger partial charge >= 0.3 is 0 Å². The monoisotopic (exact) mass is 478 g/mol. The fraction of sp³-hybridized carbons (Fsp3) is 0.440. The van der Waals surface area contributed by atoms with Gasteiger partial charge in [-0.2, -0.15) is 0 Å². The normalized spacial score (nSPS) is 12.2. The summed E-state index contributed by atoms with van der Waals surface area (Å²) in [5, 5.41) is 3.85. The molecule has 7 heteroatoms. The second kappa shape index (κ2) is 11.1. The molecule has 0 bridgehead atoms. The van der Waals surface area contributed by atoms with Crippen molar-refractivity contribution in [1.29, 1.82) is 0 Å². The smallest absolute Gasteiger partial charge is 0.261 e. The van der Waals surface area contributed by atoms with Crippen LogP contribution >= 0.6 is 23.2 Å². The molecule has 0 aliphatic carbocycles. The maximum atomic E-state index is 13.3. The summed E-state index contributed by atoms with van der Waals surface area (Å²) >= 11 is 12.7. The van der Waals surface area contributed by atoms with Crippen LogP contribution in [0, 0.1) is 13.8 Å². The van der Waals surface area contributed by atoms with Crippen LogP contribution in [0.3, 0.4) is 0 Å². The molecule has 0 aliphatic rings. The summed E-state index contributed by atoms with van der Waals surface area (Å²) in [5.74, 6) is 0.0757. The lowest BCUT2D eigenvalue weighted by atomic mass is 10.1. The molecule has 5 nitrogen and oxygen atoms in total. The highest BCUT2D eigenvalue weighted by Gasteiger charge is 2.31. The minimum absolute atomic E-state index is 0.101. The number of nitrogens with zero attached hydrogens (tertiary/aromatic N) is 1. The van der Waals surface area contributed by atoms with Crippen molar-refractivity contribution in [2.75, 3.05) is 6.61 Å². The van der Waals surface area contributed by atoms with Gasteiger partial charge in [-0.3, -0.25) is 9.59 Å². The van der Waals surface area contributed by atoms with Gasteiger partial charge in [0, 0.05) is 27.7 Å². The standard InChI is InChI=1S/C25H32Cl2N2O3/c1-7-21(24(31)28-25(4,5)6)29(14-18-19(26)9-8-10-20(18)27)23(30)15-32-22-12-11-16(2)13-17(22)3/h8-13,21H,7,14-15H2,1-6H3,(H,28,31). The molecule has 0 saturated carbocycles. The van der Waals surface area contributed by atoms with E-state index in [1.165, 1.54) is 4.90 Å². The molecule has 0 saturated heterocycles. The predicted molar refractivity (Wildman–Crippen MR) is 130 cm³/mol. The summed E-state index contributed by atoms with van der Waals surface area (Å²) in [4.78, 5) is 27.9. The van der Waals surface area contributed by atoms with Crippen LogP contribution in [0.15, 0.2) is 36.4 Å². The largest absolute Gasteiger partial charge is 0.483 e. The van der Waals surface area contributed by atoms with E-state index in [2.05, 4.69) is 5.32 Å². The number of carbonyl (C=O) groups is 2. The molecule has 2 rings (SSSR count). The second-order valence-corrected chi connectivity index (χ2v) is 9.76. The van der Waals surface area contributed by atoms with Crippen LogP contribution in [0.2, 0.25) is 10.0 Å². The quantitative estimate of drug-likeness (QED) is 0.528. The van der Waals surface area contributed by atoms with Crippen molar-refractivity contribution in [3.63, 3.8) is 0 Å². The van der Waals surface area contributed by atoms with E-state index in [9.17, 15) is 9.59 Å². The Morgan fingerprint density at radius 3 is 2.25 bits per heavy atom. The minimum atomic E-state index is -0.697. The summed E-state index contributed by atoms with van der Waals surface area (Å²) < 4.78 is 5.82. The highest BCUT2D eigenvalue weighted by atomic mass is 35.5. The van der Waals surface area contributed by atoms with Crippen molar-refractivity contribution in [2.45, 2.75) is 66.1 Å². The van der Waals surface area contributed by atoms with E-state index < -0.39 is 11.6 Å². The van der Waals surface area contributed by atoms with Crippen LogP contribution in [0.25, 0.3) is 0 Å². The average molecular weight is 479 g/mol. The van der Waals surface area contributed by atoms with Crippen LogP contribution in [0.1, 0.15) is 50.8 Å². The second-order valence-electron chi connectivity index (χ2n) is 8.94. The number of aryl methyl sites for hydroxylation is 2. The van der Waals surface area contributed by atoms with Gasteiger partial charge in [0.25, 0.3) is 5.91 Å². The molecule has 1 N–H and O–H groups in total. The molecule has 0 aliphatic heterocycles. The van der Waals surface area contributed by atoms with Crippen molar-refractivity contribution in [3.05, 3.63) is 63.1 Å². The third-order valence-corrected chi connectivity index (χ3v) is 5.66. The molecule has 2 amide bonds. The van der Waals surface area contributed by atoms with E-state index in [1.54, 1.807) is 18.2 Å². The van der Waals surface area contributed by atoms with Gasteiger partial charge in [-0.25, -0.2) is 0 Å². The summed E-state index contributed by atoms with van der Waals surface area (Å²) in [7, 11) is 0. The van der Waals surface area contributed by atoms with Crippen molar-refractivity contribution in [2.24, 2.45) is 0 Å². The first kappa shape index (κ1) is 26.0. The minimum Gasteiger partial charge on any atom is -0.483 e. The number of rotatable bonds is 8. The SMILES string of the molecule is CCC(C(=O)NC(C)(C)C)N(Cc1c(Cl)cccc1Cl)C(=O)COc1ccc(C)cc1C. The Kier molecular flexibility index (Phi) is 8.99. The van der Waals surface area contributed by atoms with Gasteiger partial charge in [-0.1, -0.05) is 53.9 Å². The van der Waals surface area contributed by atoms with E-state index >= 15 is 0 Å². The van der Waals surface area contributed by atoms with Crippen molar-refractivity contribution >= 4 is 35.0 Å². The molecule has 32 heavy (non-hydrogen) atoms. The average Bonchev–Trinajstić information content (AvgIpc) is 2.67. The number of carbonyl (C=O) groups excluding carboxylic acids is 2. The van der Waals surface area contributed by atoms with Crippen LogP contribution in [0.4, 0.5) is 0 Å². The zero-order valence-electron chi connectivity index (χ0n) is 19.6. The summed E-state index contributed by atoms with van der Waals surface area (Å²) in [5.41, 5.74) is 2.21. The fourth-order valence-corrected chi connectivity index (χ4v) is 3.93. The van der Waals surface area contributed by atoms with Crippen molar-refractivity contribution in [3.8, 4) is 5.75 Å². The van der Waals surface area contributed by atoms with E-state index in [0.717, 1.165) is 11.1 Å². The summed E-state index contributed by atoms with van der Waals surface area (Å²) in [6.45, 7) is 11.4. The molecule has 2 aromatic carbocycles. The number of benzene rings is 2. The molecule has 2 aromatic rings. The van der Waals surface area contributed by atoms with E-state index in [-0.39, 0.29) is 25.0 Å². The van der Waals surface area contributed by atoms with Gasteiger partial charge in [0.05, 0.1) is 0 Å². The van der Waals surface area contributed by atoms with E-state index in [1.807, 2.05) is 59.7 Å². The Morgan fingerprint density at radius 2 is 1.72 bits per heavy atom. The Morgan fingerprint density at radius 1 is 1.09 bits per heavy atom. The number of ether oxygens (including phenoxy) is 1. The van der Waals surface area contributed by atoms with Gasteiger partial charge in [-0.15, -0.1) is 0 Å².